The first-order valence-corrected chi connectivity index (χ1v) is 7.89. The fraction of sp³-hybridized carbons (Fsp3) is 0.294. The maximum absolute atomic E-state index is 14.3. The third kappa shape index (κ3) is 3.75. The maximum Gasteiger partial charge on any atom is 0.269 e. The summed E-state index contributed by atoms with van der Waals surface area (Å²) in [4.78, 5) is 30.5. The molecule has 0 spiro atoms. The van der Waals surface area contributed by atoms with Crippen LogP contribution in [0, 0.1) is 11.7 Å². The molecular weight excluding hydrogens is 365 g/mol. The highest BCUT2D eigenvalue weighted by Gasteiger charge is 2.46. The average molecular weight is 380 g/mol. The second-order valence-electron chi connectivity index (χ2n) is 6.01. The molecule has 0 bridgehead atoms. The third-order valence-electron chi connectivity index (χ3n) is 4.09. The molecule has 0 saturated heterocycles. The largest absolute Gasteiger partial charge is 0.385 e. The SMILES string of the molecule is NC1=N[C@@](c2cc(NC(=O)C3C=CC(=O)N=C3)ccc2F)(C(F)F)COC1. The van der Waals surface area contributed by atoms with Gasteiger partial charge in [-0.3, -0.25) is 14.6 Å². The van der Waals surface area contributed by atoms with E-state index in [1.165, 1.54) is 12.1 Å². The highest BCUT2D eigenvalue weighted by Crippen LogP contribution is 2.38. The number of dihydropyridines is 1. The second-order valence-corrected chi connectivity index (χ2v) is 6.01. The lowest BCUT2D eigenvalue weighted by Gasteiger charge is -2.33. The lowest BCUT2D eigenvalue weighted by molar-refractivity contribution is -0.117. The van der Waals surface area contributed by atoms with Gasteiger partial charge in [0.15, 0.2) is 5.54 Å². The first-order chi connectivity index (χ1) is 12.8. The van der Waals surface area contributed by atoms with Crippen molar-refractivity contribution in [2.45, 2.75) is 12.0 Å². The summed E-state index contributed by atoms with van der Waals surface area (Å²) in [6.07, 6.45) is 0.553. The molecule has 2 heterocycles. The number of rotatable bonds is 4. The van der Waals surface area contributed by atoms with Crippen LogP contribution in [-0.4, -0.2) is 43.5 Å². The summed E-state index contributed by atoms with van der Waals surface area (Å²) < 4.78 is 46.9. The molecular formula is C17H15F3N4O3. The molecule has 2 aliphatic heterocycles. The molecule has 0 saturated carbocycles. The van der Waals surface area contributed by atoms with Crippen LogP contribution in [0.5, 0.6) is 0 Å². The molecule has 3 N–H and O–H groups in total. The third-order valence-corrected chi connectivity index (χ3v) is 4.09. The first-order valence-electron chi connectivity index (χ1n) is 7.89. The van der Waals surface area contributed by atoms with Gasteiger partial charge >= 0.3 is 0 Å². The molecule has 0 aliphatic carbocycles. The molecule has 2 amide bonds. The zero-order valence-electron chi connectivity index (χ0n) is 13.9. The maximum atomic E-state index is 14.3. The van der Waals surface area contributed by atoms with Crippen molar-refractivity contribution in [2.75, 3.05) is 18.5 Å². The average Bonchev–Trinajstić information content (AvgIpc) is 2.63. The number of hydrogen-bond acceptors (Lipinski definition) is 5. The van der Waals surface area contributed by atoms with Crippen LogP contribution in [0.3, 0.4) is 0 Å². The number of amides is 2. The van der Waals surface area contributed by atoms with Gasteiger partial charge in [0.05, 0.1) is 12.5 Å². The van der Waals surface area contributed by atoms with Gasteiger partial charge in [-0.1, -0.05) is 6.08 Å². The highest BCUT2D eigenvalue weighted by atomic mass is 19.3. The summed E-state index contributed by atoms with van der Waals surface area (Å²) in [6, 6.07) is 3.24. The van der Waals surface area contributed by atoms with E-state index in [0.29, 0.717) is 0 Å². The minimum absolute atomic E-state index is 0.0782. The zero-order chi connectivity index (χ0) is 19.6. The summed E-state index contributed by atoms with van der Waals surface area (Å²) in [5.74, 6) is -2.97. The van der Waals surface area contributed by atoms with E-state index in [1.54, 1.807) is 0 Å². The molecule has 1 aromatic rings. The number of ether oxygens (including phenoxy) is 1. The van der Waals surface area contributed by atoms with Crippen molar-refractivity contribution in [1.82, 2.24) is 0 Å². The number of carbonyl (C=O) groups excluding carboxylic acids is 2. The van der Waals surface area contributed by atoms with Crippen molar-refractivity contribution in [3.8, 4) is 0 Å². The van der Waals surface area contributed by atoms with E-state index in [0.717, 1.165) is 24.4 Å². The Hall–Kier alpha value is -3.01. The number of anilines is 1. The van der Waals surface area contributed by atoms with E-state index >= 15 is 0 Å². The van der Waals surface area contributed by atoms with Gasteiger partial charge < -0.3 is 15.8 Å². The van der Waals surface area contributed by atoms with Crippen LogP contribution in [0.25, 0.3) is 0 Å². The Morgan fingerprint density at radius 2 is 2.19 bits per heavy atom. The standard InChI is InChI=1S/C17H15F3N4O3/c18-12-3-2-10(23-15(26)9-1-4-14(25)22-6-9)5-11(12)17(16(19)20)8-27-7-13(21)24-17/h1-6,9,16H,7-8H2,(H2,21,24)(H,23,26)/t9?,17-/m0/s1. The summed E-state index contributed by atoms with van der Waals surface area (Å²) in [7, 11) is 0. The van der Waals surface area contributed by atoms with Gasteiger partial charge in [-0.15, -0.1) is 0 Å². The van der Waals surface area contributed by atoms with E-state index in [1.807, 2.05) is 0 Å². The molecule has 2 atom stereocenters. The van der Waals surface area contributed by atoms with Crippen LogP contribution in [0.1, 0.15) is 5.56 Å². The van der Waals surface area contributed by atoms with Crippen LogP contribution >= 0.6 is 0 Å². The van der Waals surface area contributed by atoms with Crippen molar-refractivity contribution in [1.29, 1.82) is 0 Å². The van der Waals surface area contributed by atoms with Gasteiger partial charge in [0.25, 0.3) is 12.3 Å². The van der Waals surface area contributed by atoms with Crippen LogP contribution in [0.2, 0.25) is 0 Å². The molecule has 1 unspecified atom stereocenters. The Morgan fingerprint density at radius 3 is 2.81 bits per heavy atom. The number of nitrogens with one attached hydrogen (secondary N) is 1. The Morgan fingerprint density at radius 1 is 1.41 bits per heavy atom. The fourth-order valence-electron chi connectivity index (χ4n) is 2.75. The van der Waals surface area contributed by atoms with Crippen molar-refractivity contribution < 1.29 is 27.5 Å². The zero-order valence-corrected chi connectivity index (χ0v) is 13.9. The van der Waals surface area contributed by atoms with Gasteiger partial charge in [-0.2, -0.15) is 0 Å². The number of benzene rings is 1. The van der Waals surface area contributed by atoms with Crippen molar-refractivity contribution in [3.05, 3.63) is 41.7 Å². The minimum atomic E-state index is -3.09. The van der Waals surface area contributed by atoms with Gasteiger partial charge in [-0.05, 0) is 18.2 Å². The van der Waals surface area contributed by atoms with Crippen LogP contribution < -0.4 is 11.1 Å². The molecule has 10 heteroatoms. The van der Waals surface area contributed by atoms with Crippen LogP contribution in [-0.2, 0) is 19.9 Å². The number of nitrogens with zero attached hydrogens (tertiary/aromatic N) is 2. The van der Waals surface area contributed by atoms with Crippen molar-refractivity contribution in [3.63, 3.8) is 0 Å². The quantitative estimate of drug-likeness (QED) is 0.823. The normalized spacial score (nSPS) is 24.8. The molecule has 0 radical (unpaired) electrons. The van der Waals surface area contributed by atoms with Gasteiger partial charge in [0.1, 0.15) is 18.3 Å². The Kier molecular flexibility index (Phi) is 5.08. The molecule has 1 aromatic carbocycles. The highest BCUT2D eigenvalue weighted by molar-refractivity contribution is 6.09. The number of nitrogens with two attached hydrogens (primary N) is 1. The van der Waals surface area contributed by atoms with E-state index in [9.17, 15) is 22.8 Å². The topological polar surface area (TPSA) is 106 Å². The number of halogens is 3. The Labute approximate surface area is 151 Å². The van der Waals surface area contributed by atoms with E-state index in [2.05, 4.69) is 15.3 Å². The van der Waals surface area contributed by atoms with Crippen LogP contribution in [0.15, 0.2) is 40.3 Å². The number of carbonyl (C=O) groups is 2. The number of alkyl halides is 2. The Balaban J connectivity index is 1.91. The summed E-state index contributed by atoms with van der Waals surface area (Å²) in [5, 5.41) is 2.48. The number of aliphatic imine (C=N–C) groups is 2. The van der Waals surface area contributed by atoms with Gasteiger partial charge in [0.2, 0.25) is 5.91 Å². The van der Waals surface area contributed by atoms with E-state index < -0.39 is 47.7 Å². The van der Waals surface area contributed by atoms with Crippen LogP contribution in [0.4, 0.5) is 18.9 Å². The molecule has 7 nitrogen and oxygen atoms in total. The van der Waals surface area contributed by atoms with Gasteiger partial charge in [0, 0.05) is 23.5 Å². The molecule has 0 fully saturated rings. The van der Waals surface area contributed by atoms with E-state index in [4.69, 9.17) is 10.5 Å². The first kappa shape index (κ1) is 18.8. The Bertz CT molecular complexity index is 853. The predicted molar refractivity (Wildman–Crippen MR) is 91.3 cm³/mol. The monoisotopic (exact) mass is 380 g/mol. The molecule has 2 aliphatic rings. The summed E-state index contributed by atoms with van der Waals surface area (Å²) in [5.41, 5.74) is 2.85. The molecule has 0 aromatic heterocycles. The molecule has 27 heavy (non-hydrogen) atoms. The lowest BCUT2D eigenvalue weighted by Crippen LogP contribution is -2.45. The van der Waals surface area contributed by atoms with Gasteiger partial charge in [-0.25, -0.2) is 18.2 Å². The van der Waals surface area contributed by atoms with Crippen molar-refractivity contribution >= 4 is 29.6 Å². The lowest BCUT2D eigenvalue weighted by atomic mass is 9.90. The van der Waals surface area contributed by atoms with Crippen molar-refractivity contribution in [2.24, 2.45) is 21.6 Å². The molecule has 3 rings (SSSR count). The summed E-state index contributed by atoms with van der Waals surface area (Å²) in [6.45, 7) is -0.682. The molecule has 142 valence electrons. The minimum Gasteiger partial charge on any atom is -0.385 e. The fourth-order valence-corrected chi connectivity index (χ4v) is 2.75. The second kappa shape index (κ2) is 7.31. The smallest absolute Gasteiger partial charge is 0.269 e. The predicted octanol–water partition coefficient (Wildman–Crippen LogP) is 1.40. The van der Waals surface area contributed by atoms with E-state index in [-0.39, 0.29) is 18.1 Å². The summed E-state index contributed by atoms with van der Waals surface area (Å²) >= 11 is 0. The number of amidine groups is 1. The number of hydrogen-bond donors (Lipinski definition) is 2.